The molecule has 3 rings (SSSR count). The lowest BCUT2D eigenvalue weighted by atomic mass is 9.89. The van der Waals surface area contributed by atoms with Crippen LogP contribution in [0.2, 0.25) is 0 Å². The second-order valence-corrected chi connectivity index (χ2v) is 10.9. The normalized spacial score (nSPS) is 20.5. The van der Waals surface area contributed by atoms with Crippen LogP contribution in [0.1, 0.15) is 52.8 Å². The van der Waals surface area contributed by atoms with Crippen molar-refractivity contribution in [1.29, 1.82) is 0 Å². The first kappa shape index (κ1) is 28.2. The molecule has 0 saturated carbocycles. The molecule has 1 aliphatic rings. The highest BCUT2D eigenvalue weighted by Crippen LogP contribution is 2.47. The van der Waals surface area contributed by atoms with Gasteiger partial charge in [-0.1, -0.05) is 13.8 Å². The highest BCUT2D eigenvalue weighted by atomic mass is 32.2. The van der Waals surface area contributed by atoms with Crippen molar-refractivity contribution in [1.82, 2.24) is 9.71 Å². The molecule has 3 atom stereocenters. The van der Waals surface area contributed by atoms with Gasteiger partial charge < -0.3 is 15.6 Å². The number of alkyl halides is 3. The molecule has 1 aliphatic heterocycles. The average Bonchev–Trinajstić information content (AvgIpc) is 3.09. The van der Waals surface area contributed by atoms with E-state index in [1.807, 2.05) is 13.8 Å². The van der Waals surface area contributed by atoms with Crippen molar-refractivity contribution in [2.75, 3.05) is 13.2 Å². The lowest BCUT2D eigenvalue weighted by Crippen LogP contribution is -2.50. The van der Waals surface area contributed by atoms with Gasteiger partial charge in [0.05, 0.1) is 27.0 Å². The van der Waals surface area contributed by atoms with Crippen molar-refractivity contribution < 1.29 is 31.6 Å². The summed E-state index contributed by atoms with van der Waals surface area (Å²) in [6, 6.07) is 6.03. The number of aromatic nitrogens is 1. The van der Waals surface area contributed by atoms with Crippen LogP contribution in [0.3, 0.4) is 0 Å². The maximum Gasteiger partial charge on any atom is 0.424 e. The van der Waals surface area contributed by atoms with Crippen LogP contribution in [0.25, 0.3) is 11.3 Å². The van der Waals surface area contributed by atoms with Crippen LogP contribution in [0.15, 0.2) is 30.3 Å². The molecule has 3 unspecified atom stereocenters. The zero-order chi connectivity index (χ0) is 26.1. The molecule has 1 aromatic heterocycles. The summed E-state index contributed by atoms with van der Waals surface area (Å²) in [4.78, 5) is 4.05. The van der Waals surface area contributed by atoms with Gasteiger partial charge >= 0.3 is 6.18 Å². The summed E-state index contributed by atoms with van der Waals surface area (Å²) in [5.41, 5.74) is 0.523. The van der Waals surface area contributed by atoms with Crippen molar-refractivity contribution in [3.63, 3.8) is 0 Å². The van der Waals surface area contributed by atoms with Crippen LogP contribution >= 0.6 is 0 Å². The SMILES string of the molecule is CC.CC1(NS(=O)C(C)(C)C)COc2c1cc(C(O)(CN)C(F)(F)F)nc2-c1ccc(F)cc1. The molecule has 0 saturated heterocycles. The Balaban J connectivity index is 0.00000199. The predicted octanol–water partition coefficient (Wildman–Crippen LogP) is 4.28. The monoisotopic (exact) mass is 505 g/mol. The van der Waals surface area contributed by atoms with Crippen LogP contribution in [-0.2, 0) is 22.1 Å². The molecule has 190 valence electrons. The fraction of sp³-hybridized carbons (Fsp3) is 0.522. The third-order valence-electron chi connectivity index (χ3n) is 5.25. The summed E-state index contributed by atoms with van der Waals surface area (Å²) in [6.45, 7) is 9.66. The molecule has 0 radical (unpaired) electrons. The molecule has 0 amide bonds. The first-order chi connectivity index (χ1) is 15.6. The van der Waals surface area contributed by atoms with Gasteiger partial charge in [0.2, 0.25) is 5.60 Å². The first-order valence-corrected chi connectivity index (χ1v) is 11.9. The van der Waals surface area contributed by atoms with E-state index in [-0.39, 0.29) is 29.2 Å². The second kappa shape index (κ2) is 9.88. The quantitative estimate of drug-likeness (QED) is 0.527. The van der Waals surface area contributed by atoms with Crippen molar-refractivity contribution in [3.05, 3.63) is 47.4 Å². The van der Waals surface area contributed by atoms with E-state index in [1.165, 1.54) is 12.1 Å². The lowest BCUT2D eigenvalue weighted by Gasteiger charge is -2.31. The molecule has 2 aromatic rings. The number of aliphatic hydroxyl groups is 1. The van der Waals surface area contributed by atoms with Crippen molar-refractivity contribution in [2.24, 2.45) is 5.73 Å². The summed E-state index contributed by atoms with van der Waals surface area (Å²) < 4.78 is 75.6. The van der Waals surface area contributed by atoms with Gasteiger partial charge in [-0.25, -0.2) is 18.3 Å². The Labute approximate surface area is 199 Å². The molecular formula is C23H31F4N3O3S. The van der Waals surface area contributed by atoms with Gasteiger partial charge in [0.25, 0.3) is 0 Å². The molecule has 34 heavy (non-hydrogen) atoms. The van der Waals surface area contributed by atoms with E-state index in [2.05, 4.69) is 9.71 Å². The van der Waals surface area contributed by atoms with Crippen LogP contribution in [-0.4, -0.2) is 38.4 Å². The minimum Gasteiger partial charge on any atom is -0.489 e. The van der Waals surface area contributed by atoms with Gasteiger partial charge in [0.1, 0.15) is 18.1 Å². The number of nitrogens with one attached hydrogen (secondary N) is 1. The Hall–Kier alpha value is -2.08. The number of ether oxygens (including phenoxy) is 1. The van der Waals surface area contributed by atoms with E-state index in [9.17, 15) is 26.9 Å². The molecule has 4 N–H and O–H groups in total. The number of halogens is 4. The van der Waals surface area contributed by atoms with Gasteiger partial charge in [0.15, 0.2) is 5.75 Å². The van der Waals surface area contributed by atoms with E-state index < -0.39 is 51.1 Å². The van der Waals surface area contributed by atoms with Crippen LogP contribution < -0.4 is 15.2 Å². The number of pyridine rings is 1. The van der Waals surface area contributed by atoms with Crippen molar-refractivity contribution in [3.8, 4) is 17.0 Å². The minimum atomic E-state index is -5.11. The second-order valence-electron chi connectivity index (χ2n) is 8.91. The lowest BCUT2D eigenvalue weighted by molar-refractivity contribution is -0.263. The Morgan fingerprint density at radius 2 is 1.76 bits per heavy atom. The zero-order valence-corrected chi connectivity index (χ0v) is 20.8. The molecule has 1 aromatic carbocycles. The van der Waals surface area contributed by atoms with Crippen LogP contribution in [0, 0.1) is 5.82 Å². The molecule has 6 nitrogen and oxygen atoms in total. The molecule has 0 bridgehead atoms. The van der Waals surface area contributed by atoms with Crippen molar-refractivity contribution in [2.45, 2.75) is 63.6 Å². The standard InChI is InChI=1S/C21H25F4N3O3S.C2H6/c1-18(2,3)32(30)28-19(4)11-31-17-14(19)9-15(20(29,10-26)21(23,24)25)27-16(17)12-5-7-13(22)8-6-12;1-2/h5-9,28-29H,10-11,26H2,1-4H3;1-2H3. The fourth-order valence-corrected chi connectivity index (χ4v) is 4.09. The van der Waals surface area contributed by atoms with E-state index >= 15 is 0 Å². The maximum atomic E-state index is 13.8. The highest BCUT2D eigenvalue weighted by Gasteiger charge is 2.56. The topological polar surface area (TPSA) is 97.5 Å². The van der Waals surface area contributed by atoms with Crippen LogP contribution in [0.4, 0.5) is 17.6 Å². The number of nitrogens with zero attached hydrogens (tertiary/aromatic N) is 1. The smallest absolute Gasteiger partial charge is 0.424 e. The van der Waals surface area contributed by atoms with Crippen molar-refractivity contribution >= 4 is 11.0 Å². The summed E-state index contributed by atoms with van der Waals surface area (Å²) in [6.07, 6.45) is -5.11. The number of benzene rings is 1. The molecule has 0 fully saturated rings. The number of rotatable bonds is 5. The Kier molecular flexibility index (Phi) is 8.19. The Bertz CT molecular complexity index is 1040. The van der Waals surface area contributed by atoms with Gasteiger partial charge in [-0.3, -0.25) is 0 Å². The van der Waals surface area contributed by atoms with Gasteiger partial charge in [-0.2, -0.15) is 13.2 Å². The van der Waals surface area contributed by atoms with Gasteiger partial charge in [-0.05, 0) is 58.0 Å². The molecule has 0 spiro atoms. The summed E-state index contributed by atoms with van der Waals surface area (Å²) >= 11 is 0. The third-order valence-corrected chi connectivity index (χ3v) is 7.00. The predicted molar refractivity (Wildman–Crippen MR) is 124 cm³/mol. The first-order valence-electron chi connectivity index (χ1n) is 10.8. The zero-order valence-electron chi connectivity index (χ0n) is 20.0. The number of fused-ring (bicyclic) bond motifs is 1. The molecule has 0 aliphatic carbocycles. The summed E-state index contributed by atoms with van der Waals surface area (Å²) in [5.74, 6) is -0.383. The van der Waals surface area contributed by atoms with E-state index in [1.54, 1.807) is 27.7 Å². The number of nitrogens with two attached hydrogens (primary N) is 1. The third kappa shape index (κ3) is 5.27. The van der Waals surface area contributed by atoms with Gasteiger partial charge in [0, 0.05) is 17.7 Å². The molecular weight excluding hydrogens is 474 g/mol. The largest absolute Gasteiger partial charge is 0.489 e. The molecule has 2 heterocycles. The highest BCUT2D eigenvalue weighted by molar-refractivity contribution is 7.84. The van der Waals surface area contributed by atoms with E-state index in [0.717, 1.165) is 18.2 Å². The number of hydrogen-bond acceptors (Lipinski definition) is 5. The minimum absolute atomic E-state index is 0.0132. The Morgan fingerprint density at radius 1 is 1.21 bits per heavy atom. The molecule has 11 heteroatoms. The number of hydrogen-bond donors (Lipinski definition) is 3. The summed E-state index contributed by atoms with van der Waals surface area (Å²) in [7, 11) is -1.58. The summed E-state index contributed by atoms with van der Waals surface area (Å²) in [5, 5.41) is 10.5. The average molecular weight is 506 g/mol. The van der Waals surface area contributed by atoms with E-state index in [0.29, 0.717) is 0 Å². The van der Waals surface area contributed by atoms with Crippen LogP contribution in [0.5, 0.6) is 5.75 Å². The Morgan fingerprint density at radius 3 is 2.24 bits per heavy atom. The van der Waals surface area contributed by atoms with Gasteiger partial charge in [-0.15, -0.1) is 0 Å². The van der Waals surface area contributed by atoms with E-state index in [4.69, 9.17) is 10.5 Å². The fourth-order valence-electron chi connectivity index (χ4n) is 3.21. The maximum absolute atomic E-state index is 13.8.